The molecule has 2 rings (SSSR count). The first kappa shape index (κ1) is 15.5. The fraction of sp³-hybridized carbons (Fsp3) is 0.643. The van der Waals surface area contributed by atoms with Crippen LogP contribution in [-0.4, -0.2) is 50.8 Å². The SMILES string of the molecule is Cc1nn(C)c(C)c1NC(=O)CN1CCCCC(O)C1=O. The summed E-state index contributed by atoms with van der Waals surface area (Å²) in [5.74, 6) is -0.626. The molecule has 1 saturated heterocycles. The van der Waals surface area contributed by atoms with Crippen LogP contribution in [0, 0.1) is 13.8 Å². The van der Waals surface area contributed by atoms with Crippen molar-refractivity contribution in [3.05, 3.63) is 11.4 Å². The van der Waals surface area contributed by atoms with E-state index in [1.54, 1.807) is 4.68 Å². The van der Waals surface area contributed by atoms with Gasteiger partial charge in [-0.2, -0.15) is 5.10 Å². The Kier molecular flexibility index (Phi) is 4.62. The number of aryl methyl sites for hydroxylation is 2. The molecule has 1 atom stereocenters. The van der Waals surface area contributed by atoms with Crippen LogP contribution in [0.15, 0.2) is 0 Å². The van der Waals surface area contributed by atoms with Crippen molar-refractivity contribution in [2.75, 3.05) is 18.4 Å². The number of hydrogen-bond acceptors (Lipinski definition) is 4. The van der Waals surface area contributed by atoms with Crippen molar-refractivity contribution in [3.8, 4) is 0 Å². The summed E-state index contributed by atoms with van der Waals surface area (Å²) in [6.45, 7) is 4.16. The maximum absolute atomic E-state index is 12.1. The van der Waals surface area contributed by atoms with Crippen LogP contribution in [0.2, 0.25) is 0 Å². The van der Waals surface area contributed by atoms with Gasteiger partial charge in [-0.1, -0.05) is 0 Å². The molecule has 2 N–H and O–H groups in total. The minimum Gasteiger partial charge on any atom is -0.383 e. The summed E-state index contributed by atoms with van der Waals surface area (Å²) in [6.07, 6.45) is 1.09. The number of aliphatic hydroxyl groups excluding tert-OH is 1. The molecule has 2 heterocycles. The highest BCUT2D eigenvalue weighted by Gasteiger charge is 2.26. The van der Waals surface area contributed by atoms with Crippen LogP contribution in [0.25, 0.3) is 0 Å². The lowest BCUT2D eigenvalue weighted by Gasteiger charge is -2.21. The number of aromatic nitrogens is 2. The van der Waals surface area contributed by atoms with Gasteiger partial charge in [0.05, 0.1) is 23.6 Å². The van der Waals surface area contributed by atoms with Crippen LogP contribution < -0.4 is 5.32 Å². The van der Waals surface area contributed by atoms with Gasteiger partial charge in [0, 0.05) is 13.6 Å². The van der Waals surface area contributed by atoms with Gasteiger partial charge < -0.3 is 15.3 Å². The molecule has 1 unspecified atom stereocenters. The minimum atomic E-state index is -0.984. The number of nitrogens with one attached hydrogen (secondary N) is 1. The van der Waals surface area contributed by atoms with Crippen LogP contribution in [-0.2, 0) is 16.6 Å². The molecule has 0 bridgehead atoms. The van der Waals surface area contributed by atoms with Crippen LogP contribution in [0.5, 0.6) is 0 Å². The summed E-state index contributed by atoms with van der Waals surface area (Å²) >= 11 is 0. The number of anilines is 1. The second-order valence-corrected chi connectivity index (χ2v) is 5.49. The van der Waals surface area contributed by atoms with Gasteiger partial charge in [-0.25, -0.2) is 0 Å². The fourth-order valence-corrected chi connectivity index (χ4v) is 2.55. The first-order valence-electron chi connectivity index (χ1n) is 7.17. The highest BCUT2D eigenvalue weighted by molar-refractivity contribution is 5.96. The number of rotatable bonds is 3. The second-order valence-electron chi connectivity index (χ2n) is 5.49. The largest absolute Gasteiger partial charge is 0.383 e. The first-order chi connectivity index (χ1) is 9.90. The molecule has 2 amide bonds. The van der Waals surface area contributed by atoms with E-state index in [2.05, 4.69) is 10.4 Å². The predicted molar refractivity (Wildman–Crippen MR) is 77.7 cm³/mol. The van der Waals surface area contributed by atoms with Gasteiger partial charge in [0.2, 0.25) is 5.91 Å². The zero-order chi connectivity index (χ0) is 15.6. The Morgan fingerprint density at radius 1 is 1.43 bits per heavy atom. The van der Waals surface area contributed by atoms with Crippen molar-refractivity contribution in [2.45, 2.75) is 39.2 Å². The summed E-state index contributed by atoms with van der Waals surface area (Å²) in [6, 6.07) is 0. The minimum absolute atomic E-state index is 0.0380. The van der Waals surface area contributed by atoms with E-state index in [0.29, 0.717) is 18.7 Å². The molecular formula is C14H22N4O3. The zero-order valence-electron chi connectivity index (χ0n) is 12.7. The van der Waals surface area contributed by atoms with E-state index in [9.17, 15) is 14.7 Å². The summed E-state index contributed by atoms with van der Waals surface area (Å²) in [4.78, 5) is 25.5. The van der Waals surface area contributed by atoms with Gasteiger partial charge in [-0.05, 0) is 33.1 Å². The number of carbonyl (C=O) groups is 2. The average molecular weight is 294 g/mol. The molecule has 1 aromatic heterocycles. The van der Waals surface area contributed by atoms with E-state index >= 15 is 0 Å². The summed E-state index contributed by atoms with van der Waals surface area (Å²) in [5.41, 5.74) is 2.29. The molecule has 7 nitrogen and oxygen atoms in total. The number of amides is 2. The van der Waals surface area contributed by atoms with Gasteiger partial charge in [-0.15, -0.1) is 0 Å². The first-order valence-corrected chi connectivity index (χ1v) is 7.17. The molecule has 1 fully saturated rings. The lowest BCUT2D eigenvalue weighted by Crippen LogP contribution is -2.42. The average Bonchev–Trinajstić information content (AvgIpc) is 2.58. The van der Waals surface area contributed by atoms with Crippen molar-refractivity contribution >= 4 is 17.5 Å². The Labute approximate surface area is 123 Å². The van der Waals surface area contributed by atoms with Crippen LogP contribution in [0.4, 0.5) is 5.69 Å². The van der Waals surface area contributed by atoms with Gasteiger partial charge in [-0.3, -0.25) is 14.3 Å². The third-order valence-electron chi connectivity index (χ3n) is 3.86. The molecule has 116 valence electrons. The van der Waals surface area contributed by atoms with Crippen molar-refractivity contribution in [3.63, 3.8) is 0 Å². The molecule has 0 radical (unpaired) electrons. The van der Waals surface area contributed by atoms with Gasteiger partial charge in [0.15, 0.2) is 0 Å². The van der Waals surface area contributed by atoms with Crippen molar-refractivity contribution < 1.29 is 14.7 Å². The maximum atomic E-state index is 12.1. The van der Waals surface area contributed by atoms with E-state index in [1.165, 1.54) is 4.90 Å². The molecule has 1 aliphatic heterocycles. The molecule has 1 aromatic rings. The van der Waals surface area contributed by atoms with E-state index in [1.807, 2.05) is 20.9 Å². The van der Waals surface area contributed by atoms with Crippen molar-refractivity contribution in [2.24, 2.45) is 7.05 Å². The lowest BCUT2D eigenvalue weighted by molar-refractivity contribution is -0.141. The van der Waals surface area contributed by atoms with Crippen LogP contribution in [0.3, 0.4) is 0 Å². The summed E-state index contributed by atoms with van der Waals surface area (Å²) < 4.78 is 1.70. The summed E-state index contributed by atoms with van der Waals surface area (Å²) in [5, 5.41) is 16.7. The molecule has 0 aliphatic carbocycles. The van der Waals surface area contributed by atoms with Gasteiger partial charge >= 0.3 is 0 Å². The Balaban J connectivity index is 2.02. The number of aliphatic hydroxyl groups is 1. The van der Waals surface area contributed by atoms with E-state index in [-0.39, 0.29) is 18.4 Å². The second kappa shape index (κ2) is 6.26. The third kappa shape index (κ3) is 3.41. The van der Waals surface area contributed by atoms with E-state index in [4.69, 9.17) is 0 Å². The maximum Gasteiger partial charge on any atom is 0.251 e. The number of carbonyl (C=O) groups excluding carboxylic acids is 2. The van der Waals surface area contributed by atoms with E-state index < -0.39 is 6.10 Å². The molecular weight excluding hydrogens is 272 g/mol. The fourth-order valence-electron chi connectivity index (χ4n) is 2.55. The Morgan fingerprint density at radius 3 is 2.76 bits per heavy atom. The Hall–Kier alpha value is -1.89. The molecule has 7 heteroatoms. The third-order valence-corrected chi connectivity index (χ3v) is 3.86. The Morgan fingerprint density at radius 2 is 2.14 bits per heavy atom. The van der Waals surface area contributed by atoms with Crippen LogP contribution >= 0.6 is 0 Å². The zero-order valence-corrected chi connectivity index (χ0v) is 12.7. The molecule has 0 aromatic carbocycles. The quantitative estimate of drug-likeness (QED) is 0.842. The summed E-state index contributed by atoms with van der Waals surface area (Å²) in [7, 11) is 1.81. The van der Waals surface area contributed by atoms with Gasteiger partial charge in [0.1, 0.15) is 6.10 Å². The smallest absolute Gasteiger partial charge is 0.251 e. The highest BCUT2D eigenvalue weighted by Crippen LogP contribution is 2.18. The predicted octanol–water partition coefficient (Wildman–Crippen LogP) is 0.349. The lowest BCUT2D eigenvalue weighted by atomic mass is 10.2. The van der Waals surface area contributed by atoms with Gasteiger partial charge in [0.25, 0.3) is 5.91 Å². The molecule has 0 saturated carbocycles. The monoisotopic (exact) mass is 294 g/mol. The number of likely N-dealkylation sites (tertiary alicyclic amines) is 1. The molecule has 21 heavy (non-hydrogen) atoms. The van der Waals surface area contributed by atoms with Crippen molar-refractivity contribution in [1.29, 1.82) is 0 Å². The highest BCUT2D eigenvalue weighted by atomic mass is 16.3. The molecule has 0 spiro atoms. The normalized spacial score (nSPS) is 19.5. The molecule has 1 aliphatic rings. The van der Waals surface area contributed by atoms with Crippen molar-refractivity contribution in [1.82, 2.24) is 14.7 Å². The topological polar surface area (TPSA) is 87.5 Å². The van der Waals surface area contributed by atoms with E-state index in [0.717, 1.165) is 24.2 Å². The number of nitrogens with zero attached hydrogens (tertiary/aromatic N) is 3. The standard InChI is InChI=1S/C14H22N4O3/c1-9-13(10(2)17(3)16-9)15-12(20)8-18-7-5-4-6-11(19)14(18)21/h11,19H,4-8H2,1-3H3,(H,15,20). The number of hydrogen-bond donors (Lipinski definition) is 2. The Bertz CT molecular complexity index is 553. The van der Waals surface area contributed by atoms with Crippen LogP contribution in [0.1, 0.15) is 30.7 Å².